The smallest absolute Gasteiger partial charge is 0.0216 e. The normalized spacial score (nSPS) is 20.7. The fourth-order valence-electron chi connectivity index (χ4n) is 1.74. The highest BCUT2D eigenvalue weighted by Gasteiger charge is 2.14. The van der Waals surface area contributed by atoms with E-state index >= 15 is 0 Å². The third kappa shape index (κ3) is 1.22. The minimum absolute atomic E-state index is 0.653. The zero-order valence-corrected chi connectivity index (χ0v) is 8.64. The van der Waals surface area contributed by atoms with E-state index in [-0.39, 0.29) is 0 Å². The average molecular weight is 223 g/mol. The summed E-state index contributed by atoms with van der Waals surface area (Å²) in [4.78, 5) is 0. The molecule has 0 unspecified atom stereocenters. The van der Waals surface area contributed by atoms with Crippen LogP contribution < -0.4 is 0 Å². The van der Waals surface area contributed by atoms with Crippen molar-refractivity contribution in [2.24, 2.45) is 0 Å². The molecule has 0 nitrogen and oxygen atoms in total. The Morgan fingerprint density at radius 1 is 1.42 bits per heavy atom. The van der Waals surface area contributed by atoms with Crippen molar-refractivity contribution in [2.45, 2.75) is 19.3 Å². The highest BCUT2D eigenvalue weighted by atomic mass is 79.9. The van der Waals surface area contributed by atoms with Crippen molar-refractivity contribution in [3.8, 4) is 0 Å². The Morgan fingerprint density at radius 3 is 3.00 bits per heavy atom. The van der Waals surface area contributed by atoms with Crippen molar-refractivity contribution in [2.75, 3.05) is 0 Å². The van der Waals surface area contributed by atoms with Crippen molar-refractivity contribution in [3.63, 3.8) is 0 Å². The molecule has 0 saturated heterocycles. The summed E-state index contributed by atoms with van der Waals surface area (Å²) >= 11 is 3.59. The van der Waals surface area contributed by atoms with Gasteiger partial charge in [-0.25, -0.2) is 0 Å². The van der Waals surface area contributed by atoms with Gasteiger partial charge in [-0.2, -0.15) is 0 Å². The molecule has 2 rings (SSSR count). The van der Waals surface area contributed by atoms with E-state index in [4.69, 9.17) is 0 Å². The van der Waals surface area contributed by atoms with E-state index in [9.17, 15) is 0 Å². The third-order valence-electron chi connectivity index (χ3n) is 2.37. The molecule has 0 aliphatic heterocycles. The van der Waals surface area contributed by atoms with Gasteiger partial charge in [0.2, 0.25) is 0 Å². The van der Waals surface area contributed by atoms with Crippen LogP contribution in [0.3, 0.4) is 0 Å². The molecular weight excluding hydrogens is 212 g/mol. The molecule has 0 N–H and O–H groups in total. The van der Waals surface area contributed by atoms with Gasteiger partial charge in [0, 0.05) is 4.47 Å². The predicted molar refractivity (Wildman–Crippen MR) is 56.2 cm³/mol. The van der Waals surface area contributed by atoms with Gasteiger partial charge >= 0.3 is 0 Å². The molecule has 1 heteroatoms. The van der Waals surface area contributed by atoms with E-state index in [0.717, 1.165) is 6.42 Å². The summed E-state index contributed by atoms with van der Waals surface area (Å²) in [5.74, 6) is 0.653. The molecule has 1 atom stereocenters. The summed E-state index contributed by atoms with van der Waals surface area (Å²) in [5.41, 5.74) is 2.82. The van der Waals surface area contributed by atoms with Crippen molar-refractivity contribution in [1.29, 1.82) is 0 Å². The molecule has 0 fully saturated rings. The first-order chi connectivity index (χ1) is 5.79. The van der Waals surface area contributed by atoms with E-state index in [1.165, 1.54) is 15.6 Å². The summed E-state index contributed by atoms with van der Waals surface area (Å²) < 4.78 is 1.25. The van der Waals surface area contributed by atoms with Crippen LogP contribution in [0.25, 0.3) is 6.08 Å². The Kier molecular flexibility index (Phi) is 2.05. The van der Waals surface area contributed by atoms with Crippen molar-refractivity contribution in [3.05, 3.63) is 39.9 Å². The number of allylic oxidation sites excluding steroid dienone is 1. The Hall–Kier alpha value is -0.560. The van der Waals surface area contributed by atoms with Gasteiger partial charge < -0.3 is 0 Å². The van der Waals surface area contributed by atoms with Gasteiger partial charge in [-0.15, -0.1) is 0 Å². The van der Waals surface area contributed by atoms with Gasteiger partial charge in [-0.3, -0.25) is 0 Å². The lowest BCUT2D eigenvalue weighted by atomic mass is 9.89. The van der Waals surface area contributed by atoms with Crippen LogP contribution in [0, 0.1) is 0 Å². The molecule has 1 aromatic rings. The van der Waals surface area contributed by atoms with E-state index in [0.29, 0.717) is 5.92 Å². The predicted octanol–water partition coefficient (Wildman–Crippen LogP) is 3.97. The van der Waals surface area contributed by atoms with Gasteiger partial charge in [-0.05, 0) is 29.5 Å². The molecule has 0 bridgehead atoms. The molecule has 1 aromatic carbocycles. The maximum Gasteiger partial charge on any atom is 0.0216 e. The Morgan fingerprint density at radius 2 is 2.25 bits per heavy atom. The van der Waals surface area contributed by atoms with Gasteiger partial charge in [0.1, 0.15) is 0 Å². The van der Waals surface area contributed by atoms with Gasteiger partial charge in [0.25, 0.3) is 0 Å². The van der Waals surface area contributed by atoms with Crippen LogP contribution in [-0.2, 0) is 0 Å². The molecule has 1 aliphatic carbocycles. The average Bonchev–Trinajstić information content (AvgIpc) is 2.04. The zero-order chi connectivity index (χ0) is 8.55. The van der Waals surface area contributed by atoms with Crippen molar-refractivity contribution in [1.82, 2.24) is 0 Å². The van der Waals surface area contributed by atoms with E-state index in [1.54, 1.807) is 0 Å². The van der Waals surface area contributed by atoms with Crippen LogP contribution in [0.4, 0.5) is 0 Å². The molecule has 0 radical (unpaired) electrons. The minimum Gasteiger partial charge on any atom is -0.0833 e. The van der Waals surface area contributed by atoms with Crippen LogP contribution in [0.15, 0.2) is 28.7 Å². The van der Waals surface area contributed by atoms with Gasteiger partial charge in [-0.1, -0.05) is 47.1 Å². The molecule has 62 valence electrons. The molecule has 0 aromatic heterocycles. The lowest BCUT2D eigenvalue weighted by Crippen LogP contribution is -2.00. The summed E-state index contributed by atoms with van der Waals surface area (Å²) in [5, 5.41) is 0. The summed E-state index contributed by atoms with van der Waals surface area (Å²) in [7, 11) is 0. The van der Waals surface area contributed by atoms with Crippen LogP contribution in [0.2, 0.25) is 0 Å². The highest BCUT2D eigenvalue weighted by Crippen LogP contribution is 2.34. The quantitative estimate of drug-likeness (QED) is 0.624. The summed E-state index contributed by atoms with van der Waals surface area (Å²) in [6.07, 6.45) is 5.62. The molecule has 0 amide bonds. The summed E-state index contributed by atoms with van der Waals surface area (Å²) in [6, 6.07) is 6.38. The first-order valence-electron chi connectivity index (χ1n) is 4.24. The number of hydrogen-bond acceptors (Lipinski definition) is 0. The largest absolute Gasteiger partial charge is 0.0833 e. The maximum absolute atomic E-state index is 3.59. The monoisotopic (exact) mass is 222 g/mol. The molecule has 1 aliphatic rings. The topological polar surface area (TPSA) is 0 Å². The first kappa shape index (κ1) is 8.06. The fourth-order valence-corrected chi connectivity index (χ4v) is 2.51. The summed E-state index contributed by atoms with van der Waals surface area (Å²) in [6.45, 7) is 2.27. The minimum atomic E-state index is 0.653. The van der Waals surface area contributed by atoms with Crippen LogP contribution >= 0.6 is 15.9 Å². The van der Waals surface area contributed by atoms with Crippen LogP contribution in [0.1, 0.15) is 30.4 Å². The number of hydrogen-bond donors (Lipinski definition) is 0. The lowest BCUT2D eigenvalue weighted by Gasteiger charge is -2.18. The van der Waals surface area contributed by atoms with Crippen molar-refractivity contribution < 1.29 is 0 Å². The van der Waals surface area contributed by atoms with Crippen LogP contribution in [-0.4, -0.2) is 0 Å². The van der Waals surface area contributed by atoms with Gasteiger partial charge in [0.05, 0.1) is 0 Å². The van der Waals surface area contributed by atoms with E-state index < -0.39 is 0 Å². The standard InChI is InChI=1S/C11H11Br/c1-8-4-2-5-9-6-3-7-10(12)11(8)9/h2-3,5-8H,4H2,1H3/t8-/m0/s1. The molecule has 12 heavy (non-hydrogen) atoms. The molecule has 0 spiro atoms. The fraction of sp³-hybridized carbons (Fsp3) is 0.273. The van der Waals surface area contributed by atoms with Gasteiger partial charge in [0.15, 0.2) is 0 Å². The SMILES string of the molecule is C[C@H]1CC=Cc2cccc(Br)c21. The third-order valence-corrected chi connectivity index (χ3v) is 3.06. The second kappa shape index (κ2) is 3.06. The number of halogens is 1. The van der Waals surface area contributed by atoms with E-state index in [1.807, 2.05) is 0 Å². The molecular formula is C11H11Br. The van der Waals surface area contributed by atoms with E-state index in [2.05, 4.69) is 53.2 Å². The number of fused-ring (bicyclic) bond motifs is 1. The molecule has 0 saturated carbocycles. The second-order valence-corrected chi connectivity index (χ2v) is 4.14. The molecule has 0 heterocycles. The second-order valence-electron chi connectivity index (χ2n) is 3.28. The lowest BCUT2D eigenvalue weighted by molar-refractivity contribution is 0.767. The number of benzene rings is 1. The maximum atomic E-state index is 3.59. The number of rotatable bonds is 0. The van der Waals surface area contributed by atoms with Crippen molar-refractivity contribution >= 4 is 22.0 Å². The Bertz CT molecular complexity index is 326. The first-order valence-corrected chi connectivity index (χ1v) is 5.03. The Labute approximate surface area is 81.4 Å². The van der Waals surface area contributed by atoms with Crippen LogP contribution in [0.5, 0.6) is 0 Å². The zero-order valence-electron chi connectivity index (χ0n) is 7.05. The Balaban J connectivity index is 2.62. The highest BCUT2D eigenvalue weighted by molar-refractivity contribution is 9.10.